The van der Waals surface area contributed by atoms with Crippen molar-refractivity contribution in [3.05, 3.63) is 29.8 Å². The molecular weight excluding hydrogens is 172 g/mol. The molecule has 1 aromatic carbocycles. The summed E-state index contributed by atoms with van der Waals surface area (Å²) in [5.41, 5.74) is 1.74. The molecule has 0 N–H and O–H groups in total. The van der Waals surface area contributed by atoms with E-state index in [-0.39, 0.29) is 0 Å². The predicted octanol–water partition coefficient (Wildman–Crippen LogP) is 3.67. The van der Waals surface area contributed by atoms with Gasteiger partial charge in [0.05, 0.1) is 7.11 Å². The fourth-order valence-corrected chi connectivity index (χ4v) is 1.46. The van der Waals surface area contributed by atoms with Crippen LogP contribution in [0, 0.1) is 5.41 Å². The van der Waals surface area contributed by atoms with Crippen LogP contribution in [0.4, 0.5) is 0 Å². The summed E-state index contributed by atoms with van der Waals surface area (Å²) in [6.45, 7) is 6.83. The van der Waals surface area contributed by atoms with Crippen LogP contribution in [0.2, 0.25) is 0 Å². The lowest BCUT2D eigenvalue weighted by molar-refractivity contribution is 0.348. The average Bonchev–Trinajstić information content (AvgIpc) is 2.17. The normalized spacial score (nSPS) is 11.4. The Morgan fingerprint density at radius 1 is 1.29 bits per heavy atom. The Labute approximate surface area is 87.1 Å². The second-order valence-electron chi connectivity index (χ2n) is 4.55. The van der Waals surface area contributed by atoms with E-state index in [1.165, 1.54) is 12.0 Å². The molecule has 14 heavy (non-hydrogen) atoms. The minimum absolute atomic E-state index is 0.381. The van der Waals surface area contributed by atoms with E-state index in [0.29, 0.717) is 5.41 Å². The zero-order valence-electron chi connectivity index (χ0n) is 9.63. The Morgan fingerprint density at radius 3 is 2.57 bits per heavy atom. The summed E-state index contributed by atoms with van der Waals surface area (Å²) in [6.07, 6.45) is 2.31. The van der Waals surface area contributed by atoms with Crippen molar-refractivity contribution in [3.63, 3.8) is 0 Å². The number of methoxy groups -OCH3 is 1. The third-order valence-corrected chi connectivity index (χ3v) is 2.77. The first-order valence-corrected chi connectivity index (χ1v) is 5.20. The summed E-state index contributed by atoms with van der Waals surface area (Å²) in [7, 11) is 1.71. The molecule has 0 unspecified atom stereocenters. The molecule has 0 saturated heterocycles. The maximum Gasteiger partial charge on any atom is 0.119 e. The zero-order valence-corrected chi connectivity index (χ0v) is 9.63. The van der Waals surface area contributed by atoms with E-state index in [9.17, 15) is 0 Å². The van der Waals surface area contributed by atoms with Gasteiger partial charge in [0.1, 0.15) is 5.75 Å². The van der Waals surface area contributed by atoms with E-state index in [0.717, 1.165) is 12.2 Å². The van der Waals surface area contributed by atoms with E-state index >= 15 is 0 Å². The minimum atomic E-state index is 0.381. The molecule has 0 fully saturated rings. The molecule has 0 amide bonds. The molecule has 0 heterocycles. The summed E-state index contributed by atoms with van der Waals surface area (Å²) in [6, 6.07) is 8.33. The molecule has 0 radical (unpaired) electrons. The van der Waals surface area contributed by atoms with Crippen molar-refractivity contribution >= 4 is 0 Å². The molecule has 0 aromatic heterocycles. The molecule has 1 heteroatoms. The Hall–Kier alpha value is -0.980. The minimum Gasteiger partial charge on any atom is -0.497 e. The van der Waals surface area contributed by atoms with Gasteiger partial charge < -0.3 is 4.74 Å². The monoisotopic (exact) mass is 192 g/mol. The van der Waals surface area contributed by atoms with Crippen LogP contribution in [0.25, 0.3) is 0 Å². The van der Waals surface area contributed by atoms with E-state index in [2.05, 4.69) is 39.0 Å². The Kier molecular flexibility index (Phi) is 3.56. The SMILES string of the molecule is CCC(C)(C)Cc1cccc(OC)c1. The molecule has 0 aliphatic carbocycles. The van der Waals surface area contributed by atoms with Crippen LogP contribution in [-0.2, 0) is 6.42 Å². The van der Waals surface area contributed by atoms with Crippen LogP contribution in [0.5, 0.6) is 5.75 Å². The highest BCUT2D eigenvalue weighted by Crippen LogP contribution is 2.26. The first-order valence-electron chi connectivity index (χ1n) is 5.20. The van der Waals surface area contributed by atoms with Gasteiger partial charge in [0.2, 0.25) is 0 Å². The summed E-state index contributed by atoms with van der Waals surface area (Å²) in [5.74, 6) is 0.953. The fourth-order valence-electron chi connectivity index (χ4n) is 1.46. The van der Waals surface area contributed by atoms with Crippen molar-refractivity contribution < 1.29 is 4.74 Å². The third kappa shape index (κ3) is 3.06. The smallest absolute Gasteiger partial charge is 0.119 e. The molecule has 1 rings (SSSR count). The molecular formula is C13H20O. The van der Waals surface area contributed by atoms with Crippen molar-refractivity contribution in [2.45, 2.75) is 33.6 Å². The largest absolute Gasteiger partial charge is 0.497 e. The van der Waals surface area contributed by atoms with Crippen molar-refractivity contribution in [3.8, 4) is 5.75 Å². The van der Waals surface area contributed by atoms with Gasteiger partial charge in [-0.15, -0.1) is 0 Å². The molecule has 78 valence electrons. The van der Waals surface area contributed by atoms with E-state index < -0.39 is 0 Å². The molecule has 1 aromatic rings. The average molecular weight is 192 g/mol. The van der Waals surface area contributed by atoms with Gasteiger partial charge in [-0.2, -0.15) is 0 Å². The van der Waals surface area contributed by atoms with Crippen molar-refractivity contribution in [2.24, 2.45) is 5.41 Å². The van der Waals surface area contributed by atoms with Crippen molar-refractivity contribution in [1.82, 2.24) is 0 Å². The maximum absolute atomic E-state index is 5.20. The zero-order chi connectivity index (χ0) is 10.6. The number of rotatable bonds is 4. The predicted molar refractivity (Wildman–Crippen MR) is 60.8 cm³/mol. The standard InChI is InChI=1S/C13H20O/c1-5-13(2,3)10-11-7-6-8-12(9-11)14-4/h6-9H,5,10H2,1-4H3. The van der Waals surface area contributed by atoms with E-state index in [1.54, 1.807) is 7.11 Å². The summed E-state index contributed by atoms with van der Waals surface area (Å²) >= 11 is 0. The van der Waals surface area contributed by atoms with Crippen LogP contribution in [0.1, 0.15) is 32.8 Å². The highest BCUT2D eigenvalue weighted by Gasteiger charge is 2.15. The maximum atomic E-state index is 5.20. The molecule has 0 aliphatic heterocycles. The second-order valence-corrected chi connectivity index (χ2v) is 4.55. The Balaban J connectivity index is 2.76. The number of ether oxygens (including phenoxy) is 1. The van der Waals surface area contributed by atoms with Gasteiger partial charge in [0, 0.05) is 0 Å². The van der Waals surface area contributed by atoms with Crippen LogP contribution < -0.4 is 4.74 Å². The van der Waals surface area contributed by atoms with Crippen LogP contribution >= 0.6 is 0 Å². The topological polar surface area (TPSA) is 9.23 Å². The first kappa shape index (κ1) is 11.1. The molecule has 0 atom stereocenters. The molecule has 1 nitrogen and oxygen atoms in total. The summed E-state index contributed by atoms with van der Waals surface area (Å²) in [4.78, 5) is 0. The Morgan fingerprint density at radius 2 is 2.00 bits per heavy atom. The molecule has 0 saturated carbocycles. The second kappa shape index (κ2) is 4.50. The third-order valence-electron chi connectivity index (χ3n) is 2.77. The Bertz CT molecular complexity index is 289. The lowest BCUT2D eigenvalue weighted by Gasteiger charge is -2.22. The number of benzene rings is 1. The van der Waals surface area contributed by atoms with E-state index in [4.69, 9.17) is 4.74 Å². The van der Waals surface area contributed by atoms with Crippen LogP contribution in [0.3, 0.4) is 0 Å². The molecule has 0 spiro atoms. The van der Waals surface area contributed by atoms with Crippen molar-refractivity contribution in [2.75, 3.05) is 7.11 Å². The van der Waals surface area contributed by atoms with E-state index in [1.807, 2.05) is 6.07 Å². The highest BCUT2D eigenvalue weighted by molar-refractivity contribution is 5.28. The first-order chi connectivity index (χ1) is 6.57. The highest BCUT2D eigenvalue weighted by atomic mass is 16.5. The summed E-state index contributed by atoms with van der Waals surface area (Å²) in [5, 5.41) is 0. The molecule has 0 bridgehead atoms. The lowest BCUT2D eigenvalue weighted by Crippen LogP contribution is -2.13. The fraction of sp³-hybridized carbons (Fsp3) is 0.538. The lowest BCUT2D eigenvalue weighted by atomic mass is 9.83. The van der Waals surface area contributed by atoms with Crippen LogP contribution in [0.15, 0.2) is 24.3 Å². The van der Waals surface area contributed by atoms with Gasteiger partial charge in [0.15, 0.2) is 0 Å². The van der Waals surface area contributed by atoms with Crippen molar-refractivity contribution in [1.29, 1.82) is 0 Å². The van der Waals surface area contributed by atoms with Gasteiger partial charge in [0.25, 0.3) is 0 Å². The quantitative estimate of drug-likeness (QED) is 0.707. The number of hydrogen-bond donors (Lipinski definition) is 0. The van der Waals surface area contributed by atoms with Gasteiger partial charge in [-0.05, 0) is 29.5 Å². The van der Waals surface area contributed by atoms with Gasteiger partial charge in [-0.3, -0.25) is 0 Å². The number of hydrogen-bond acceptors (Lipinski definition) is 1. The summed E-state index contributed by atoms with van der Waals surface area (Å²) < 4.78 is 5.20. The van der Waals surface area contributed by atoms with Gasteiger partial charge in [-0.25, -0.2) is 0 Å². The van der Waals surface area contributed by atoms with Gasteiger partial charge >= 0.3 is 0 Å². The van der Waals surface area contributed by atoms with Crippen LogP contribution in [-0.4, -0.2) is 7.11 Å². The molecule has 0 aliphatic rings. The van der Waals surface area contributed by atoms with Gasteiger partial charge in [-0.1, -0.05) is 39.3 Å².